The lowest BCUT2D eigenvalue weighted by Gasteiger charge is -2.39. The molecule has 2 fully saturated rings. The number of alkyl halides is 3. The average Bonchev–Trinajstić information content (AvgIpc) is 3.39. The molecule has 2 aliphatic heterocycles. The lowest BCUT2D eigenvalue weighted by atomic mass is 10.1. The maximum Gasteiger partial charge on any atom is 0.450 e. The van der Waals surface area contributed by atoms with Crippen molar-refractivity contribution in [3.05, 3.63) is 40.2 Å². The number of amides is 1. The molecule has 0 aliphatic carbocycles. The van der Waals surface area contributed by atoms with Gasteiger partial charge in [0.25, 0.3) is 5.56 Å². The molecule has 2 aliphatic rings. The molecule has 1 aromatic carbocycles. The quantitative estimate of drug-likeness (QED) is 0.389. The Morgan fingerprint density at radius 3 is 2.57 bits per heavy atom. The first kappa shape index (κ1) is 30.7. The van der Waals surface area contributed by atoms with Gasteiger partial charge in [-0.25, -0.2) is 18.7 Å². The summed E-state index contributed by atoms with van der Waals surface area (Å²) >= 11 is 0. The number of para-hydroxylation sites is 1. The van der Waals surface area contributed by atoms with Gasteiger partial charge in [-0.1, -0.05) is 6.07 Å². The first-order chi connectivity index (χ1) is 20.9. The SMILES string of the molecule is COc1cccc(F)c1-n1c(C(F)(F)F)nc2c(N3CCN(C(=O)O)[C@@H](CC#N)C3)nc(OC[C@@H]3CCCN3C)nc2c1=O. The Hall–Kier alpha value is -4.72. The second-order valence-corrected chi connectivity index (χ2v) is 10.4. The molecule has 5 rings (SSSR count). The molecule has 17 heteroatoms. The molecule has 44 heavy (non-hydrogen) atoms. The average molecular weight is 621 g/mol. The number of methoxy groups -OCH3 is 1. The number of likely N-dealkylation sites (N-methyl/N-ethyl adjacent to an activating group) is 1. The van der Waals surface area contributed by atoms with E-state index in [1.54, 1.807) is 0 Å². The monoisotopic (exact) mass is 620 g/mol. The van der Waals surface area contributed by atoms with E-state index in [0.717, 1.165) is 37.5 Å². The van der Waals surface area contributed by atoms with E-state index in [-0.39, 0.29) is 60.8 Å². The molecular formula is C27H28F4N8O5. The lowest BCUT2D eigenvalue weighted by Crippen LogP contribution is -2.55. The van der Waals surface area contributed by atoms with Gasteiger partial charge in [0.05, 0.1) is 25.6 Å². The minimum Gasteiger partial charge on any atom is -0.494 e. The van der Waals surface area contributed by atoms with Crippen LogP contribution >= 0.6 is 0 Å². The molecule has 3 aromatic rings. The number of anilines is 1. The van der Waals surface area contributed by atoms with Gasteiger partial charge in [0.1, 0.15) is 23.6 Å². The normalized spacial score (nSPS) is 19.3. The zero-order chi connectivity index (χ0) is 31.8. The topological polar surface area (TPSA) is 150 Å². The first-order valence-corrected chi connectivity index (χ1v) is 13.6. The van der Waals surface area contributed by atoms with Crippen LogP contribution in [0.25, 0.3) is 16.7 Å². The molecule has 13 nitrogen and oxygen atoms in total. The Balaban J connectivity index is 1.74. The number of rotatable bonds is 7. The molecule has 234 valence electrons. The van der Waals surface area contributed by atoms with E-state index in [1.807, 2.05) is 13.1 Å². The van der Waals surface area contributed by atoms with Crippen LogP contribution in [0.5, 0.6) is 11.8 Å². The number of hydrogen-bond donors (Lipinski definition) is 1. The highest BCUT2D eigenvalue weighted by atomic mass is 19.4. The summed E-state index contributed by atoms with van der Waals surface area (Å²) in [6.45, 7) is 0.675. The molecule has 0 saturated carbocycles. The second-order valence-electron chi connectivity index (χ2n) is 10.4. The highest BCUT2D eigenvalue weighted by molar-refractivity contribution is 5.86. The van der Waals surface area contributed by atoms with Crippen LogP contribution in [0.4, 0.5) is 28.2 Å². The van der Waals surface area contributed by atoms with Crippen molar-refractivity contribution in [2.75, 3.05) is 51.8 Å². The fourth-order valence-corrected chi connectivity index (χ4v) is 5.53. The van der Waals surface area contributed by atoms with E-state index in [0.29, 0.717) is 0 Å². The van der Waals surface area contributed by atoms with Gasteiger partial charge in [-0.05, 0) is 38.6 Å². The number of benzene rings is 1. The van der Waals surface area contributed by atoms with Crippen molar-refractivity contribution in [3.8, 4) is 23.5 Å². The van der Waals surface area contributed by atoms with Crippen molar-refractivity contribution in [3.63, 3.8) is 0 Å². The number of piperazine rings is 1. The van der Waals surface area contributed by atoms with Gasteiger partial charge in [0.15, 0.2) is 17.2 Å². The standard InChI is InChI=1S/C27H28F4N8O5/c1-36-10-4-5-16(36)14-44-25-34-20-19(22(35-25)37-11-12-38(26(41)42)15(13-37)8-9-32)33-24(27(29,30)31)39(23(20)40)21-17(28)6-3-7-18(21)43-2/h3,6-7,15-16H,4-5,8,10-14H2,1-2H3,(H,41,42)/t15-,16-/m0/s1. The van der Waals surface area contributed by atoms with E-state index in [9.17, 15) is 33.1 Å². The number of fused-ring (bicyclic) bond motifs is 1. The zero-order valence-electron chi connectivity index (χ0n) is 23.7. The summed E-state index contributed by atoms with van der Waals surface area (Å²) in [4.78, 5) is 42.5. The number of aromatic nitrogens is 4. The third kappa shape index (κ3) is 5.76. The summed E-state index contributed by atoms with van der Waals surface area (Å²) in [6, 6.07) is 4.04. The van der Waals surface area contributed by atoms with Gasteiger partial charge in [-0.2, -0.15) is 28.4 Å². The number of nitrogens with zero attached hydrogens (tertiary/aromatic N) is 8. The van der Waals surface area contributed by atoms with Gasteiger partial charge >= 0.3 is 18.3 Å². The van der Waals surface area contributed by atoms with Gasteiger partial charge in [-0.3, -0.25) is 4.79 Å². The molecule has 2 atom stereocenters. The maximum atomic E-state index is 15.1. The van der Waals surface area contributed by atoms with E-state index in [1.165, 1.54) is 17.0 Å². The third-order valence-electron chi connectivity index (χ3n) is 7.76. The Morgan fingerprint density at radius 2 is 1.93 bits per heavy atom. The Labute approximate surface area is 247 Å². The summed E-state index contributed by atoms with van der Waals surface area (Å²) in [5.74, 6) is -3.48. The van der Waals surface area contributed by atoms with Gasteiger partial charge in [-0.15, -0.1) is 0 Å². The zero-order valence-corrected chi connectivity index (χ0v) is 23.7. The van der Waals surface area contributed by atoms with Crippen LogP contribution in [-0.2, 0) is 6.18 Å². The largest absolute Gasteiger partial charge is 0.494 e. The fourth-order valence-electron chi connectivity index (χ4n) is 5.53. The van der Waals surface area contributed by atoms with Crippen LogP contribution in [-0.4, -0.2) is 99.5 Å². The van der Waals surface area contributed by atoms with Crippen molar-refractivity contribution < 1.29 is 36.9 Å². The molecular weight excluding hydrogens is 592 g/mol. The highest BCUT2D eigenvalue weighted by Crippen LogP contribution is 2.35. The van der Waals surface area contributed by atoms with Crippen LogP contribution < -0.4 is 19.9 Å². The fraction of sp³-hybridized carbons (Fsp3) is 0.481. The minimum absolute atomic E-state index is 0.00179. The Bertz CT molecular complexity index is 1680. The number of hydrogen-bond acceptors (Lipinski definition) is 10. The summed E-state index contributed by atoms with van der Waals surface area (Å²) in [7, 11) is 3.03. The van der Waals surface area contributed by atoms with E-state index in [2.05, 4.69) is 19.9 Å². The van der Waals surface area contributed by atoms with Crippen molar-refractivity contribution in [1.29, 1.82) is 5.26 Å². The van der Waals surface area contributed by atoms with Crippen LogP contribution in [0.15, 0.2) is 23.0 Å². The molecule has 4 heterocycles. The number of halogens is 4. The second kappa shape index (κ2) is 12.1. The summed E-state index contributed by atoms with van der Waals surface area (Å²) in [5.41, 5.74) is -3.28. The molecule has 0 radical (unpaired) electrons. The smallest absolute Gasteiger partial charge is 0.450 e. The number of carboxylic acid groups (broad SMARTS) is 1. The Kier molecular flexibility index (Phi) is 8.46. The first-order valence-electron chi connectivity index (χ1n) is 13.6. The summed E-state index contributed by atoms with van der Waals surface area (Å²) < 4.78 is 69.6. The van der Waals surface area contributed by atoms with Gasteiger partial charge in [0.2, 0.25) is 5.82 Å². The molecule has 2 aromatic heterocycles. The number of likely N-dealkylation sites (tertiary alicyclic amines) is 1. The van der Waals surface area contributed by atoms with Crippen LogP contribution in [0.3, 0.4) is 0 Å². The maximum absolute atomic E-state index is 15.1. The van der Waals surface area contributed by atoms with Crippen molar-refractivity contribution >= 4 is 22.9 Å². The van der Waals surface area contributed by atoms with Crippen LogP contribution in [0.2, 0.25) is 0 Å². The van der Waals surface area contributed by atoms with Gasteiger partial charge in [0, 0.05) is 25.7 Å². The molecule has 0 unspecified atom stereocenters. The van der Waals surface area contributed by atoms with Crippen LogP contribution in [0, 0.1) is 17.1 Å². The third-order valence-corrected chi connectivity index (χ3v) is 7.76. The van der Waals surface area contributed by atoms with E-state index >= 15 is 4.39 Å². The molecule has 0 spiro atoms. The molecule has 2 saturated heterocycles. The van der Waals surface area contributed by atoms with Crippen molar-refractivity contribution in [2.45, 2.75) is 37.5 Å². The van der Waals surface area contributed by atoms with Crippen molar-refractivity contribution in [2.24, 2.45) is 0 Å². The van der Waals surface area contributed by atoms with E-state index in [4.69, 9.17) is 9.47 Å². The molecule has 1 amide bonds. The number of carbonyl (C=O) groups is 1. The predicted octanol–water partition coefficient (Wildman–Crippen LogP) is 2.90. The van der Waals surface area contributed by atoms with Crippen molar-refractivity contribution in [1.82, 2.24) is 29.3 Å². The summed E-state index contributed by atoms with van der Waals surface area (Å²) in [5, 5.41) is 18.9. The number of nitriles is 1. The highest BCUT2D eigenvalue weighted by Gasteiger charge is 2.41. The minimum atomic E-state index is -5.24. The lowest BCUT2D eigenvalue weighted by molar-refractivity contribution is -0.146. The van der Waals surface area contributed by atoms with Crippen LogP contribution in [0.1, 0.15) is 25.1 Å². The Morgan fingerprint density at radius 1 is 1.16 bits per heavy atom. The molecule has 1 N–H and O–H groups in total. The molecule has 0 bridgehead atoms. The predicted molar refractivity (Wildman–Crippen MR) is 147 cm³/mol. The number of ether oxygens (including phenoxy) is 2. The summed E-state index contributed by atoms with van der Waals surface area (Å²) in [6.07, 6.45) is -4.96. The van der Waals surface area contributed by atoms with Gasteiger partial charge < -0.3 is 29.3 Å². The van der Waals surface area contributed by atoms with E-state index < -0.39 is 52.2 Å².